The van der Waals surface area contributed by atoms with E-state index in [9.17, 15) is 9.18 Å². The first kappa shape index (κ1) is 21.1. The monoisotopic (exact) mass is 415 g/mol. The van der Waals surface area contributed by atoms with Crippen LogP contribution in [0.4, 0.5) is 10.3 Å². The molecule has 1 saturated heterocycles. The Balaban J connectivity index is 0.00000117. The Morgan fingerprint density at radius 3 is 2.69 bits per heavy atom. The fraction of sp³-hybridized carbons (Fsp3) is 0.429. The van der Waals surface area contributed by atoms with Gasteiger partial charge in [0.15, 0.2) is 5.69 Å². The Morgan fingerprint density at radius 1 is 1.31 bits per heavy atom. The molecule has 1 aliphatic rings. The van der Waals surface area contributed by atoms with Crippen LogP contribution in [0.25, 0.3) is 10.2 Å². The van der Waals surface area contributed by atoms with Gasteiger partial charge in [-0.15, -0.1) is 11.3 Å². The van der Waals surface area contributed by atoms with Crippen LogP contribution >= 0.6 is 11.3 Å². The largest absolute Gasteiger partial charge is 0.348 e. The summed E-state index contributed by atoms with van der Waals surface area (Å²) in [5.41, 5.74) is 1.86. The summed E-state index contributed by atoms with van der Waals surface area (Å²) in [7, 11) is 0. The van der Waals surface area contributed by atoms with Crippen molar-refractivity contribution in [3.8, 4) is 0 Å². The van der Waals surface area contributed by atoms with Crippen LogP contribution < -0.4 is 5.32 Å². The van der Waals surface area contributed by atoms with Gasteiger partial charge in [-0.25, -0.2) is 14.4 Å². The average molecular weight is 416 g/mol. The van der Waals surface area contributed by atoms with E-state index in [1.54, 1.807) is 6.20 Å². The van der Waals surface area contributed by atoms with Crippen LogP contribution in [0.1, 0.15) is 61.1 Å². The van der Waals surface area contributed by atoms with Crippen LogP contribution in [0.5, 0.6) is 0 Å². The minimum Gasteiger partial charge on any atom is -0.348 e. The number of nitrogens with one attached hydrogen (secondary N) is 1. The molecule has 1 N–H and O–H groups in total. The molecular formula is C21H26FN5OS. The quantitative estimate of drug-likeness (QED) is 0.652. The van der Waals surface area contributed by atoms with Crippen LogP contribution in [-0.4, -0.2) is 38.3 Å². The number of halogens is 1. The van der Waals surface area contributed by atoms with E-state index in [1.807, 2.05) is 45.6 Å². The molecule has 4 heterocycles. The Kier molecular flexibility index (Phi) is 6.42. The van der Waals surface area contributed by atoms with Crippen molar-refractivity contribution in [3.05, 3.63) is 46.5 Å². The van der Waals surface area contributed by atoms with Crippen molar-refractivity contribution >= 4 is 33.4 Å². The molecule has 8 heteroatoms. The van der Waals surface area contributed by atoms with Crippen LogP contribution in [0.2, 0.25) is 0 Å². The van der Waals surface area contributed by atoms with E-state index in [2.05, 4.69) is 20.3 Å². The smallest absolute Gasteiger partial charge is 0.274 e. The first-order valence-corrected chi connectivity index (χ1v) is 10.7. The number of pyridine rings is 1. The highest BCUT2D eigenvalue weighted by Crippen LogP contribution is 2.30. The Morgan fingerprint density at radius 2 is 2.07 bits per heavy atom. The molecule has 0 aliphatic carbocycles. The molecule has 0 unspecified atom stereocenters. The lowest BCUT2D eigenvalue weighted by Gasteiger charge is -2.38. The summed E-state index contributed by atoms with van der Waals surface area (Å²) < 4.78 is 14.3. The molecule has 0 saturated carbocycles. The normalized spacial score (nSPS) is 16.6. The predicted molar refractivity (Wildman–Crippen MR) is 115 cm³/mol. The van der Waals surface area contributed by atoms with E-state index >= 15 is 0 Å². The average Bonchev–Trinajstić information content (AvgIpc) is 3.07. The van der Waals surface area contributed by atoms with Gasteiger partial charge >= 0.3 is 0 Å². The molecule has 1 fully saturated rings. The van der Waals surface area contributed by atoms with Gasteiger partial charge < -0.3 is 10.2 Å². The summed E-state index contributed by atoms with van der Waals surface area (Å²) in [4.78, 5) is 28.8. The topological polar surface area (TPSA) is 71.0 Å². The fourth-order valence-corrected chi connectivity index (χ4v) is 4.09. The van der Waals surface area contributed by atoms with Crippen molar-refractivity contribution in [2.45, 2.75) is 53.1 Å². The molecule has 154 valence electrons. The highest BCUT2D eigenvalue weighted by molar-refractivity contribution is 7.19. The van der Waals surface area contributed by atoms with Gasteiger partial charge in [0.1, 0.15) is 5.82 Å². The maximum absolute atomic E-state index is 13.4. The number of rotatable bonds is 4. The van der Waals surface area contributed by atoms with Crippen molar-refractivity contribution in [3.63, 3.8) is 0 Å². The third-order valence-electron chi connectivity index (χ3n) is 4.85. The maximum Gasteiger partial charge on any atom is 0.274 e. The van der Waals surface area contributed by atoms with E-state index in [0.717, 1.165) is 34.3 Å². The van der Waals surface area contributed by atoms with Crippen molar-refractivity contribution in [2.24, 2.45) is 0 Å². The molecular weight excluding hydrogens is 389 g/mol. The van der Waals surface area contributed by atoms with E-state index < -0.39 is 5.82 Å². The number of carbonyl (C=O) groups is 1. The van der Waals surface area contributed by atoms with Gasteiger partial charge in [0.05, 0.1) is 22.5 Å². The first-order chi connectivity index (χ1) is 13.9. The third-order valence-corrected chi connectivity index (χ3v) is 5.90. The molecule has 0 aromatic carbocycles. The number of carbonyl (C=O) groups excluding carboxylic acids is 1. The zero-order valence-corrected chi connectivity index (χ0v) is 18.2. The standard InChI is InChI=1S/C19H20FN5OS.C2H6/c1-10-4-5-25(10)18(26)16-17-15(6-11(2)27-17)23-19(24-16)22-12(3)13-7-14(20)9-21-8-13;1-2/h6-10,12H,4-5H2,1-3H3,(H,22,23,24);1-2H3/t10-,12-;/m0./s1. The fourth-order valence-electron chi connectivity index (χ4n) is 3.15. The molecule has 3 aromatic heterocycles. The van der Waals surface area contributed by atoms with Crippen LogP contribution in [0, 0.1) is 12.7 Å². The van der Waals surface area contributed by atoms with Crippen molar-refractivity contribution < 1.29 is 9.18 Å². The molecule has 0 spiro atoms. The van der Waals surface area contributed by atoms with Gasteiger partial charge in [0.25, 0.3) is 5.91 Å². The number of hydrogen-bond acceptors (Lipinski definition) is 6. The van der Waals surface area contributed by atoms with E-state index in [0.29, 0.717) is 17.2 Å². The van der Waals surface area contributed by atoms with Gasteiger partial charge in [-0.1, -0.05) is 13.8 Å². The maximum atomic E-state index is 13.4. The summed E-state index contributed by atoms with van der Waals surface area (Å²) in [5.74, 6) is -0.103. The number of likely N-dealkylation sites (tertiary alicyclic amines) is 1. The number of fused-ring (bicyclic) bond motifs is 1. The minimum absolute atomic E-state index is 0.0638. The van der Waals surface area contributed by atoms with Crippen molar-refractivity contribution in [1.29, 1.82) is 0 Å². The predicted octanol–water partition coefficient (Wildman–Crippen LogP) is 4.97. The van der Waals surface area contributed by atoms with Crippen molar-refractivity contribution in [2.75, 3.05) is 11.9 Å². The van der Waals surface area contributed by atoms with Crippen molar-refractivity contribution in [1.82, 2.24) is 19.9 Å². The van der Waals surface area contributed by atoms with Gasteiger partial charge in [0, 0.05) is 23.7 Å². The van der Waals surface area contributed by atoms with Crippen LogP contribution in [0.15, 0.2) is 24.5 Å². The first-order valence-electron chi connectivity index (χ1n) is 9.88. The zero-order chi connectivity index (χ0) is 21.1. The van der Waals surface area contributed by atoms with E-state index in [4.69, 9.17) is 0 Å². The summed E-state index contributed by atoms with van der Waals surface area (Å²) in [5, 5.41) is 3.17. The molecule has 2 atom stereocenters. The molecule has 29 heavy (non-hydrogen) atoms. The molecule has 1 aliphatic heterocycles. The highest BCUT2D eigenvalue weighted by Gasteiger charge is 2.32. The molecule has 4 rings (SSSR count). The third kappa shape index (κ3) is 4.37. The number of aryl methyl sites for hydroxylation is 1. The van der Waals surface area contributed by atoms with Gasteiger partial charge in [-0.3, -0.25) is 9.78 Å². The number of hydrogen-bond donors (Lipinski definition) is 1. The lowest BCUT2D eigenvalue weighted by atomic mass is 10.0. The van der Waals surface area contributed by atoms with Gasteiger partial charge in [0.2, 0.25) is 5.95 Å². The summed E-state index contributed by atoms with van der Waals surface area (Å²) in [6.45, 7) is 10.7. The highest BCUT2D eigenvalue weighted by atomic mass is 32.1. The Labute approximate surface area is 174 Å². The molecule has 1 amide bonds. The number of aromatic nitrogens is 3. The molecule has 3 aromatic rings. The SMILES string of the molecule is CC.Cc1cc2nc(N[C@@H](C)c3cncc(F)c3)nc(C(=O)N3CC[C@@H]3C)c2s1. The second-order valence-corrected chi connectivity index (χ2v) is 8.16. The lowest BCUT2D eigenvalue weighted by molar-refractivity contribution is 0.0498. The molecule has 6 nitrogen and oxygen atoms in total. The molecule has 0 radical (unpaired) electrons. The lowest BCUT2D eigenvalue weighted by Crippen LogP contribution is -2.49. The van der Waals surface area contributed by atoms with Crippen LogP contribution in [0.3, 0.4) is 0 Å². The van der Waals surface area contributed by atoms with Crippen LogP contribution in [-0.2, 0) is 0 Å². The number of nitrogens with zero attached hydrogens (tertiary/aromatic N) is 4. The Bertz CT molecular complexity index is 1020. The zero-order valence-electron chi connectivity index (χ0n) is 17.4. The summed E-state index contributed by atoms with van der Waals surface area (Å²) in [6.07, 6.45) is 3.78. The summed E-state index contributed by atoms with van der Waals surface area (Å²) >= 11 is 1.53. The number of thiophene rings is 1. The number of anilines is 1. The Hall–Kier alpha value is -2.61. The molecule has 0 bridgehead atoms. The van der Waals surface area contributed by atoms with Gasteiger partial charge in [-0.05, 0) is 44.9 Å². The van der Waals surface area contributed by atoms with E-state index in [1.165, 1.54) is 17.4 Å². The number of amides is 1. The second-order valence-electron chi connectivity index (χ2n) is 6.91. The second kappa shape index (κ2) is 8.82. The van der Waals surface area contributed by atoms with E-state index in [-0.39, 0.29) is 18.0 Å². The minimum atomic E-state index is -0.395. The van der Waals surface area contributed by atoms with Gasteiger partial charge in [-0.2, -0.15) is 0 Å². The summed E-state index contributed by atoms with van der Waals surface area (Å²) in [6, 6.07) is 3.36.